The minimum Gasteiger partial charge on any atom is -1.00 e. The van der Waals surface area contributed by atoms with Crippen LogP contribution in [0.4, 0.5) is 0 Å². The van der Waals surface area contributed by atoms with E-state index in [2.05, 4.69) is 30.8 Å². The molecule has 5 heteroatoms. The molecule has 0 aromatic carbocycles. The molecule has 0 aliphatic carbocycles. The van der Waals surface area contributed by atoms with Gasteiger partial charge in [0, 0.05) is 37.5 Å². The lowest BCUT2D eigenvalue weighted by atomic mass is 10.0. The topological polar surface area (TPSA) is 39.4 Å². The Morgan fingerprint density at radius 3 is 1.79 bits per heavy atom. The second-order valence-electron chi connectivity index (χ2n) is 10.9. The third-order valence-corrected chi connectivity index (χ3v) is 7.25. The average Bonchev–Trinajstić information content (AvgIpc) is 2.91. The summed E-state index contributed by atoms with van der Waals surface area (Å²) < 4.78 is 13.7. The summed E-state index contributed by atoms with van der Waals surface area (Å²) in [5.41, 5.74) is 0. The summed E-state index contributed by atoms with van der Waals surface area (Å²) in [5.74, 6) is 0.274. The van der Waals surface area contributed by atoms with Gasteiger partial charge in [-0.05, 0) is 25.7 Å². The Bertz CT molecular complexity index is 614. The van der Waals surface area contributed by atoms with E-state index in [0.29, 0.717) is 25.6 Å². The van der Waals surface area contributed by atoms with Crippen LogP contribution in [-0.4, -0.2) is 25.8 Å². The van der Waals surface area contributed by atoms with Gasteiger partial charge in [0.05, 0.1) is 13.2 Å². The average molecular weight is 599 g/mol. The van der Waals surface area contributed by atoms with Crippen LogP contribution in [0.3, 0.4) is 0 Å². The van der Waals surface area contributed by atoms with Crippen molar-refractivity contribution in [1.82, 2.24) is 0 Å². The number of pyridine rings is 1. The summed E-state index contributed by atoms with van der Waals surface area (Å²) in [5, 5.41) is 0. The summed E-state index contributed by atoms with van der Waals surface area (Å²) in [6, 6.07) is 6.13. The van der Waals surface area contributed by atoms with E-state index < -0.39 is 0 Å². The first-order valence-electron chi connectivity index (χ1n) is 15.9. The summed E-state index contributed by atoms with van der Waals surface area (Å²) in [6.45, 7) is 7.54. The Kier molecular flexibility index (Phi) is 28.3. The minimum absolute atomic E-state index is 0. The maximum atomic E-state index is 12.1. The fourth-order valence-corrected chi connectivity index (χ4v) is 4.88. The Morgan fingerprint density at radius 1 is 0.658 bits per heavy atom. The van der Waals surface area contributed by atoms with Crippen molar-refractivity contribution in [2.24, 2.45) is 5.92 Å². The van der Waals surface area contributed by atoms with Crippen molar-refractivity contribution >= 4 is 5.97 Å². The van der Waals surface area contributed by atoms with E-state index in [-0.39, 0.29) is 23.0 Å². The third-order valence-electron chi connectivity index (χ3n) is 7.25. The Morgan fingerprint density at radius 2 is 1.21 bits per heavy atom. The van der Waals surface area contributed by atoms with E-state index >= 15 is 0 Å². The van der Waals surface area contributed by atoms with Gasteiger partial charge in [0.2, 0.25) is 0 Å². The van der Waals surface area contributed by atoms with Gasteiger partial charge in [-0.15, -0.1) is 0 Å². The molecule has 1 rings (SSSR count). The third kappa shape index (κ3) is 24.1. The largest absolute Gasteiger partial charge is 1.00 e. The second-order valence-corrected chi connectivity index (χ2v) is 10.9. The van der Waals surface area contributed by atoms with Crippen molar-refractivity contribution in [3.8, 4) is 0 Å². The molecule has 0 spiro atoms. The number of hydrogen-bond acceptors (Lipinski definition) is 3. The molecule has 1 atom stereocenters. The molecule has 0 aliphatic heterocycles. The standard InChI is InChI=1S/C33H60NO3.BrH/c1-3-5-6-7-8-9-10-11-12-13-14-15-16-23-29-36-30-32(24-4-2)31-37-33(35)25-19-17-20-26-34-27-21-18-22-28-34;/h18,21-22,27-28,32H,3-17,19-20,23-26,29-31H2,1-2H3;1H/q+1;/p-1. The zero-order valence-electron chi connectivity index (χ0n) is 25.0. The highest BCUT2D eigenvalue weighted by Gasteiger charge is 2.12. The number of ether oxygens (including phenoxy) is 2. The quantitative estimate of drug-likeness (QED) is 0.0709. The van der Waals surface area contributed by atoms with Crippen LogP contribution >= 0.6 is 0 Å². The van der Waals surface area contributed by atoms with Gasteiger partial charge in [-0.2, -0.15) is 0 Å². The van der Waals surface area contributed by atoms with Crippen LogP contribution in [0.2, 0.25) is 0 Å². The first-order chi connectivity index (χ1) is 18.3. The van der Waals surface area contributed by atoms with Crippen LogP contribution in [0.1, 0.15) is 142 Å². The summed E-state index contributed by atoms with van der Waals surface area (Å²) in [4.78, 5) is 12.1. The van der Waals surface area contributed by atoms with Crippen LogP contribution in [0.15, 0.2) is 30.6 Å². The molecule has 0 N–H and O–H groups in total. The lowest BCUT2D eigenvalue weighted by molar-refractivity contribution is -0.697. The van der Waals surface area contributed by atoms with E-state index in [1.165, 1.54) is 83.5 Å². The van der Waals surface area contributed by atoms with E-state index in [9.17, 15) is 4.79 Å². The van der Waals surface area contributed by atoms with Gasteiger partial charge in [-0.1, -0.05) is 110 Å². The molecule has 1 aromatic rings. The molecule has 1 aromatic heterocycles. The number of unbranched alkanes of at least 4 members (excludes halogenated alkanes) is 15. The predicted octanol–water partition coefficient (Wildman–Crippen LogP) is 6.00. The summed E-state index contributed by atoms with van der Waals surface area (Å²) in [6.07, 6.45) is 29.2. The van der Waals surface area contributed by atoms with Crippen molar-refractivity contribution < 1.29 is 35.8 Å². The second kappa shape index (κ2) is 29.1. The molecule has 0 fully saturated rings. The summed E-state index contributed by atoms with van der Waals surface area (Å²) >= 11 is 0. The molecule has 0 radical (unpaired) electrons. The van der Waals surface area contributed by atoms with Crippen molar-refractivity contribution in [3.63, 3.8) is 0 Å². The molecule has 222 valence electrons. The number of aryl methyl sites for hydroxylation is 1. The molecular weight excluding hydrogens is 538 g/mol. The first kappa shape index (κ1) is 37.1. The highest BCUT2D eigenvalue weighted by molar-refractivity contribution is 5.69. The number of nitrogens with zero attached hydrogens (tertiary/aromatic N) is 1. The van der Waals surface area contributed by atoms with Crippen LogP contribution in [0, 0.1) is 5.92 Å². The Hall–Kier alpha value is -0.940. The maximum Gasteiger partial charge on any atom is 0.305 e. The van der Waals surface area contributed by atoms with Crippen molar-refractivity contribution in [3.05, 3.63) is 30.6 Å². The fraction of sp³-hybridized carbons (Fsp3) is 0.818. The van der Waals surface area contributed by atoms with Crippen LogP contribution < -0.4 is 21.5 Å². The predicted molar refractivity (Wildman–Crippen MR) is 156 cm³/mol. The SMILES string of the molecule is CCCCCCCCCCCCCCCCOCC(CCC)COC(=O)CCCCC[n+]1ccccc1.[Br-]. The lowest BCUT2D eigenvalue weighted by Crippen LogP contribution is -3.00. The van der Waals surface area contributed by atoms with Gasteiger partial charge >= 0.3 is 5.97 Å². The zero-order chi connectivity index (χ0) is 26.7. The van der Waals surface area contributed by atoms with E-state index in [1.807, 2.05) is 18.2 Å². The number of esters is 1. The van der Waals surface area contributed by atoms with E-state index in [1.54, 1.807) is 0 Å². The number of aromatic nitrogens is 1. The number of carbonyl (C=O) groups is 1. The molecule has 1 heterocycles. The molecule has 0 saturated carbocycles. The lowest BCUT2D eigenvalue weighted by Gasteiger charge is -2.16. The zero-order valence-corrected chi connectivity index (χ0v) is 26.6. The maximum absolute atomic E-state index is 12.1. The molecule has 0 bridgehead atoms. The monoisotopic (exact) mass is 597 g/mol. The Balaban J connectivity index is 0.0000137. The van der Waals surface area contributed by atoms with Gasteiger partial charge < -0.3 is 26.5 Å². The van der Waals surface area contributed by atoms with Crippen LogP contribution in [0.5, 0.6) is 0 Å². The number of rotatable bonds is 27. The highest BCUT2D eigenvalue weighted by atomic mass is 79.9. The van der Waals surface area contributed by atoms with Gasteiger partial charge in [0.1, 0.15) is 6.54 Å². The smallest absolute Gasteiger partial charge is 0.305 e. The van der Waals surface area contributed by atoms with Crippen molar-refractivity contribution in [1.29, 1.82) is 0 Å². The number of hydrogen-bond donors (Lipinski definition) is 0. The molecular formula is C33H60BrNO3. The van der Waals surface area contributed by atoms with E-state index in [4.69, 9.17) is 9.47 Å². The fourth-order valence-electron chi connectivity index (χ4n) is 4.88. The summed E-state index contributed by atoms with van der Waals surface area (Å²) in [7, 11) is 0. The molecule has 0 amide bonds. The van der Waals surface area contributed by atoms with E-state index in [0.717, 1.165) is 51.7 Å². The first-order valence-corrected chi connectivity index (χ1v) is 15.9. The Labute approximate surface area is 246 Å². The minimum atomic E-state index is -0.0551. The number of halogens is 1. The normalized spacial score (nSPS) is 11.7. The van der Waals surface area contributed by atoms with Gasteiger partial charge in [-0.25, -0.2) is 4.57 Å². The van der Waals surface area contributed by atoms with Gasteiger partial charge in [0.15, 0.2) is 12.4 Å². The molecule has 1 unspecified atom stereocenters. The highest BCUT2D eigenvalue weighted by Crippen LogP contribution is 2.14. The molecule has 4 nitrogen and oxygen atoms in total. The molecule has 0 aliphatic rings. The van der Waals surface area contributed by atoms with Crippen LogP contribution in [0.25, 0.3) is 0 Å². The van der Waals surface area contributed by atoms with Gasteiger partial charge in [-0.3, -0.25) is 4.79 Å². The molecule has 38 heavy (non-hydrogen) atoms. The van der Waals surface area contributed by atoms with Crippen LogP contribution in [-0.2, 0) is 20.8 Å². The van der Waals surface area contributed by atoms with Crippen molar-refractivity contribution in [2.75, 3.05) is 19.8 Å². The van der Waals surface area contributed by atoms with Crippen molar-refractivity contribution in [2.45, 2.75) is 149 Å². The number of carbonyl (C=O) groups excluding carboxylic acids is 1. The molecule has 0 saturated heterocycles. The van der Waals surface area contributed by atoms with Gasteiger partial charge in [0.25, 0.3) is 0 Å².